The van der Waals surface area contributed by atoms with Crippen LogP contribution in [0.1, 0.15) is 22.6 Å². The second kappa shape index (κ2) is 23.1. The van der Waals surface area contributed by atoms with Gasteiger partial charge in [0.15, 0.2) is 0 Å². The molecule has 9 nitrogen and oxygen atoms in total. The van der Waals surface area contributed by atoms with Crippen molar-refractivity contribution in [2.75, 3.05) is 57.4 Å². The third kappa shape index (κ3) is 10.9. The van der Waals surface area contributed by atoms with Crippen molar-refractivity contribution < 1.29 is 28.4 Å². The minimum Gasteiger partial charge on any atom is -0.497 e. The van der Waals surface area contributed by atoms with Gasteiger partial charge in [0.1, 0.15) is 34.5 Å². The van der Waals surface area contributed by atoms with E-state index in [9.17, 15) is 0 Å². The summed E-state index contributed by atoms with van der Waals surface area (Å²) in [4.78, 5) is 6.75. The molecule has 378 valence electrons. The molecule has 0 spiro atoms. The lowest BCUT2D eigenvalue weighted by Crippen LogP contribution is -2.12. The molecule has 0 heterocycles. The number of methoxy groups -OCH3 is 6. The number of anilines is 9. The molecule has 10 rings (SSSR count). The van der Waals surface area contributed by atoms with Crippen molar-refractivity contribution in [1.82, 2.24) is 0 Å². The first-order chi connectivity index (χ1) is 37.4. The molecule has 0 saturated carbocycles. The van der Waals surface area contributed by atoms with E-state index in [1.165, 1.54) is 0 Å². The van der Waals surface area contributed by atoms with Crippen molar-refractivity contribution in [3.8, 4) is 45.6 Å². The summed E-state index contributed by atoms with van der Waals surface area (Å²) in [5, 5.41) is 0. The fourth-order valence-corrected chi connectivity index (χ4v) is 9.61. The molecular weight excluding hydrogens is 943 g/mol. The van der Waals surface area contributed by atoms with Gasteiger partial charge in [-0.05, 0) is 210 Å². The van der Waals surface area contributed by atoms with Gasteiger partial charge in [-0.15, -0.1) is 0 Å². The molecule has 0 radical (unpaired) electrons. The predicted octanol–water partition coefficient (Wildman–Crippen LogP) is 17.0. The minimum atomic E-state index is -0.0118. The second-order valence-corrected chi connectivity index (χ2v) is 18.0. The maximum Gasteiger partial charge on any atom is 0.119 e. The Labute approximate surface area is 445 Å². The highest BCUT2D eigenvalue weighted by atomic mass is 16.5. The summed E-state index contributed by atoms with van der Waals surface area (Å²) in [6, 6.07) is 84.1. The lowest BCUT2D eigenvalue weighted by atomic mass is 9.85. The summed E-state index contributed by atoms with van der Waals surface area (Å²) in [5.41, 5.74) is 14.7. The summed E-state index contributed by atoms with van der Waals surface area (Å²) in [6.07, 6.45) is 0. The van der Waals surface area contributed by atoms with Crippen LogP contribution in [0.4, 0.5) is 51.2 Å². The van der Waals surface area contributed by atoms with Crippen LogP contribution >= 0.6 is 0 Å². The van der Waals surface area contributed by atoms with Crippen molar-refractivity contribution in [2.24, 2.45) is 0 Å². The standard InChI is InChI=1S/C67H59N3O6/c1-71-61-35-13-50(14-36-61)67(51-15-37-62(72-2)38-16-51)49-11-21-54(22-12-49)68(57-27-39-63(73-3)40-28-57)52-17-7-47(8-18-52)48-9-19-53(20-10-48)69(58-29-41-64(74-4)42-30-58)55-23-25-56(26-24-55)70(59-31-43-65(75-5)44-32-59)60-33-45-66(76-6)46-34-60/h7-46,67H,1-6H3. The van der Waals surface area contributed by atoms with E-state index in [4.69, 9.17) is 28.4 Å². The fourth-order valence-electron chi connectivity index (χ4n) is 9.61. The van der Waals surface area contributed by atoms with E-state index in [0.717, 1.165) is 114 Å². The molecule has 0 saturated heterocycles. The van der Waals surface area contributed by atoms with E-state index in [1.54, 1.807) is 42.7 Å². The summed E-state index contributed by atoms with van der Waals surface area (Å²) in [5.74, 6) is 4.80. The highest BCUT2D eigenvalue weighted by molar-refractivity contribution is 5.83. The Morgan fingerprint density at radius 1 is 0.197 bits per heavy atom. The topological polar surface area (TPSA) is 65.1 Å². The van der Waals surface area contributed by atoms with E-state index in [1.807, 2.05) is 72.8 Å². The molecule has 0 unspecified atom stereocenters. The Hall–Kier alpha value is -9.60. The lowest BCUT2D eigenvalue weighted by Gasteiger charge is -2.28. The number of hydrogen-bond donors (Lipinski definition) is 0. The third-order valence-corrected chi connectivity index (χ3v) is 13.7. The number of hydrogen-bond acceptors (Lipinski definition) is 9. The van der Waals surface area contributed by atoms with Crippen LogP contribution in [0, 0.1) is 0 Å². The third-order valence-electron chi connectivity index (χ3n) is 13.7. The first-order valence-corrected chi connectivity index (χ1v) is 25.0. The molecule has 9 heteroatoms. The van der Waals surface area contributed by atoms with Gasteiger partial charge < -0.3 is 43.1 Å². The fraction of sp³-hybridized carbons (Fsp3) is 0.104. The molecule has 0 bridgehead atoms. The smallest absolute Gasteiger partial charge is 0.119 e. The molecule has 0 fully saturated rings. The molecular formula is C67H59N3O6. The van der Waals surface area contributed by atoms with E-state index in [2.05, 4.69) is 185 Å². The first-order valence-electron chi connectivity index (χ1n) is 25.0. The predicted molar refractivity (Wildman–Crippen MR) is 309 cm³/mol. The largest absolute Gasteiger partial charge is 0.497 e. The number of nitrogens with zero attached hydrogens (tertiary/aromatic N) is 3. The van der Waals surface area contributed by atoms with Gasteiger partial charge in [0, 0.05) is 57.1 Å². The van der Waals surface area contributed by atoms with Crippen LogP contribution in [0.5, 0.6) is 34.5 Å². The second-order valence-electron chi connectivity index (χ2n) is 18.0. The van der Waals surface area contributed by atoms with Crippen molar-refractivity contribution >= 4 is 51.2 Å². The van der Waals surface area contributed by atoms with Crippen molar-refractivity contribution in [3.63, 3.8) is 0 Å². The average Bonchev–Trinajstić information content (AvgIpc) is 3.51. The van der Waals surface area contributed by atoms with Crippen LogP contribution in [-0.4, -0.2) is 42.7 Å². The quantitative estimate of drug-likeness (QED) is 0.0737. The summed E-state index contributed by atoms with van der Waals surface area (Å²) in [6.45, 7) is 0. The van der Waals surface area contributed by atoms with Crippen molar-refractivity contribution in [2.45, 2.75) is 5.92 Å². The Balaban J connectivity index is 0.952. The maximum atomic E-state index is 5.57. The zero-order chi connectivity index (χ0) is 52.4. The average molecular weight is 1000 g/mol. The molecule has 76 heavy (non-hydrogen) atoms. The monoisotopic (exact) mass is 1000 g/mol. The van der Waals surface area contributed by atoms with Gasteiger partial charge in [-0.3, -0.25) is 0 Å². The molecule has 10 aromatic carbocycles. The van der Waals surface area contributed by atoms with E-state index in [-0.39, 0.29) is 5.92 Å². The van der Waals surface area contributed by atoms with E-state index in [0.29, 0.717) is 0 Å². The van der Waals surface area contributed by atoms with Crippen LogP contribution < -0.4 is 43.1 Å². The summed E-state index contributed by atoms with van der Waals surface area (Å²) in [7, 11) is 10.1. The molecule has 0 aromatic heterocycles. The normalized spacial score (nSPS) is 10.9. The van der Waals surface area contributed by atoms with Crippen LogP contribution in [0.3, 0.4) is 0 Å². The number of ether oxygens (including phenoxy) is 6. The number of rotatable bonds is 19. The van der Waals surface area contributed by atoms with Gasteiger partial charge in [0.25, 0.3) is 0 Å². The van der Waals surface area contributed by atoms with Gasteiger partial charge in [-0.1, -0.05) is 60.7 Å². The van der Waals surface area contributed by atoms with Crippen LogP contribution in [0.25, 0.3) is 11.1 Å². The SMILES string of the molecule is COc1ccc(C(c2ccc(OC)cc2)c2ccc(N(c3ccc(OC)cc3)c3ccc(-c4ccc(N(c5ccc(OC)cc5)c5ccc(N(c6ccc(OC)cc6)c6ccc(OC)cc6)cc5)cc4)cc3)cc2)cc1. The van der Waals surface area contributed by atoms with Crippen molar-refractivity contribution in [1.29, 1.82) is 0 Å². The van der Waals surface area contributed by atoms with Crippen LogP contribution in [0.2, 0.25) is 0 Å². The molecule has 10 aromatic rings. The van der Waals surface area contributed by atoms with Gasteiger partial charge in [-0.25, -0.2) is 0 Å². The minimum absolute atomic E-state index is 0.0118. The Kier molecular flexibility index (Phi) is 15.2. The van der Waals surface area contributed by atoms with E-state index < -0.39 is 0 Å². The zero-order valence-corrected chi connectivity index (χ0v) is 43.5. The highest BCUT2D eigenvalue weighted by Crippen LogP contribution is 2.43. The van der Waals surface area contributed by atoms with Gasteiger partial charge in [-0.2, -0.15) is 0 Å². The summed E-state index contributed by atoms with van der Waals surface area (Å²) < 4.78 is 33.1. The molecule has 0 aliphatic heterocycles. The maximum absolute atomic E-state index is 5.57. The van der Waals surface area contributed by atoms with Crippen LogP contribution in [0.15, 0.2) is 243 Å². The highest BCUT2D eigenvalue weighted by Gasteiger charge is 2.21. The summed E-state index contributed by atoms with van der Waals surface area (Å²) >= 11 is 0. The Bertz CT molecular complexity index is 3100. The first kappa shape index (κ1) is 50.0. The molecule has 0 N–H and O–H groups in total. The molecule has 0 atom stereocenters. The molecule has 0 aliphatic carbocycles. The zero-order valence-electron chi connectivity index (χ0n) is 43.5. The van der Waals surface area contributed by atoms with Crippen molar-refractivity contribution in [3.05, 3.63) is 259 Å². The van der Waals surface area contributed by atoms with Crippen LogP contribution in [-0.2, 0) is 0 Å². The van der Waals surface area contributed by atoms with Gasteiger partial charge in [0.05, 0.1) is 42.7 Å². The van der Waals surface area contributed by atoms with Gasteiger partial charge in [0.2, 0.25) is 0 Å². The Morgan fingerprint density at radius 2 is 0.342 bits per heavy atom. The van der Waals surface area contributed by atoms with Gasteiger partial charge >= 0.3 is 0 Å². The molecule has 0 aliphatic rings. The van der Waals surface area contributed by atoms with E-state index >= 15 is 0 Å². The number of benzene rings is 10. The lowest BCUT2D eigenvalue weighted by molar-refractivity contribution is 0.414. The molecule has 0 amide bonds. The Morgan fingerprint density at radius 3 is 0.539 bits per heavy atom.